The molecule has 1 aliphatic heterocycles. The van der Waals surface area contributed by atoms with Gasteiger partial charge in [-0.3, -0.25) is 4.68 Å². The van der Waals surface area contributed by atoms with Gasteiger partial charge in [0.1, 0.15) is 0 Å². The van der Waals surface area contributed by atoms with E-state index in [0.29, 0.717) is 18.0 Å². The zero-order valence-corrected chi connectivity index (χ0v) is 11.0. The molecule has 1 aliphatic rings. The molecule has 3 atom stereocenters. The summed E-state index contributed by atoms with van der Waals surface area (Å²) in [7, 11) is 0. The standard InChI is InChI=1S/C13H23N3O/c1-4-16-8-13(7-14-16)11(3)15-10(2)12-5-6-17-9-12/h7-8,10-12,15H,4-6,9H2,1-3H3. The molecule has 2 heterocycles. The number of nitrogens with zero attached hydrogens (tertiary/aromatic N) is 2. The third-order valence-electron chi connectivity index (χ3n) is 3.66. The summed E-state index contributed by atoms with van der Waals surface area (Å²) < 4.78 is 7.40. The average molecular weight is 237 g/mol. The Hall–Kier alpha value is -0.870. The SMILES string of the molecule is CCn1cc(C(C)NC(C)C2CCOC2)cn1. The van der Waals surface area contributed by atoms with Crippen LogP contribution >= 0.6 is 0 Å². The van der Waals surface area contributed by atoms with Crippen molar-refractivity contribution in [3.63, 3.8) is 0 Å². The van der Waals surface area contributed by atoms with Gasteiger partial charge in [0.05, 0.1) is 12.8 Å². The first kappa shape index (κ1) is 12.6. The lowest BCUT2D eigenvalue weighted by Gasteiger charge is -2.23. The second kappa shape index (κ2) is 5.65. The minimum atomic E-state index is 0.353. The maximum atomic E-state index is 5.43. The monoisotopic (exact) mass is 237 g/mol. The molecule has 0 aromatic carbocycles. The normalized spacial score (nSPS) is 23.8. The molecular formula is C13H23N3O. The van der Waals surface area contributed by atoms with Crippen LogP contribution in [0.5, 0.6) is 0 Å². The molecule has 1 aromatic heterocycles. The first-order chi connectivity index (χ1) is 8.20. The van der Waals surface area contributed by atoms with Crippen molar-refractivity contribution in [2.45, 2.75) is 45.8 Å². The summed E-state index contributed by atoms with van der Waals surface area (Å²) in [5, 5.41) is 7.95. The van der Waals surface area contributed by atoms with E-state index in [-0.39, 0.29) is 0 Å². The Labute approximate surface area is 103 Å². The summed E-state index contributed by atoms with van der Waals surface area (Å²) in [4.78, 5) is 0. The van der Waals surface area contributed by atoms with Crippen LogP contribution in [0.2, 0.25) is 0 Å². The van der Waals surface area contributed by atoms with Crippen LogP contribution < -0.4 is 5.32 Å². The van der Waals surface area contributed by atoms with Crippen LogP contribution in [-0.2, 0) is 11.3 Å². The summed E-state index contributed by atoms with van der Waals surface area (Å²) in [5.41, 5.74) is 1.26. The highest BCUT2D eigenvalue weighted by molar-refractivity contribution is 5.09. The van der Waals surface area contributed by atoms with Crippen LogP contribution in [0.15, 0.2) is 12.4 Å². The molecule has 2 rings (SSSR count). The van der Waals surface area contributed by atoms with Crippen molar-refractivity contribution in [3.8, 4) is 0 Å². The Kier molecular flexibility index (Phi) is 4.18. The molecule has 0 bridgehead atoms. The van der Waals surface area contributed by atoms with E-state index in [4.69, 9.17) is 4.74 Å². The van der Waals surface area contributed by atoms with Crippen molar-refractivity contribution in [3.05, 3.63) is 18.0 Å². The van der Waals surface area contributed by atoms with Crippen molar-refractivity contribution in [2.24, 2.45) is 5.92 Å². The van der Waals surface area contributed by atoms with Gasteiger partial charge in [-0.05, 0) is 33.1 Å². The van der Waals surface area contributed by atoms with E-state index in [1.807, 2.05) is 10.9 Å². The van der Waals surface area contributed by atoms with Crippen molar-refractivity contribution < 1.29 is 4.74 Å². The smallest absolute Gasteiger partial charge is 0.0537 e. The minimum absolute atomic E-state index is 0.353. The zero-order valence-electron chi connectivity index (χ0n) is 11.0. The van der Waals surface area contributed by atoms with Gasteiger partial charge >= 0.3 is 0 Å². The number of nitrogens with one attached hydrogen (secondary N) is 1. The van der Waals surface area contributed by atoms with Gasteiger partial charge in [0.25, 0.3) is 0 Å². The maximum Gasteiger partial charge on any atom is 0.0537 e. The highest BCUT2D eigenvalue weighted by Gasteiger charge is 2.23. The Morgan fingerprint density at radius 2 is 2.41 bits per heavy atom. The molecule has 0 spiro atoms. The van der Waals surface area contributed by atoms with E-state index in [0.717, 1.165) is 19.8 Å². The van der Waals surface area contributed by atoms with E-state index in [9.17, 15) is 0 Å². The van der Waals surface area contributed by atoms with Crippen molar-refractivity contribution in [2.75, 3.05) is 13.2 Å². The van der Waals surface area contributed by atoms with Crippen molar-refractivity contribution in [1.82, 2.24) is 15.1 Å². The second-order valence-electron chi connectivity index (χ2n) is 4.93. The molecule has 1 saturated heterocycles. The predicted octanol–water partition coefficient (Wildman–Crippen LogP) is 1.98. The minimum Gasteiger partial charge on any atom is -0.381 e. The summed E-state index contributed by atoms with van der Waals surface area (Å²) >= 11 is 0. The van der Waals surface area contributed by atoms with Gasteiger partial charge in [0, 0.05) is 37.0 Å². The fourth-order valence-electron chi connectivity index (χ4n) is 2.35. The van der Waals surface area contributed by atoms with Gasteiger partial charge in [-0.15, -0.1) is 0 Å². The zero-order chi connectivity index (χ0) is 12.3. The highest BCUT2D eigenvalue weighted by atomic mass is 16.5. The summed E-state index contributed by atoms with van der Waals surface area (Å²) in [6.45, 7) is 9.30. The number of hydrogen-bond acceptors (Lipinski definition) is 3. The molecular weight excluding hydrogens is 214 g/mol. The molecule has 17 heavy (non-hydrogen) atoms. The lowest BCUT2D eigenvalue weighted by atomic mass is 9.99. The second-order valence-corrected chi connectivity index (χ2v) is 4.93. The van der Waals surface area contributed by atoms with Crippen LogP contribution in [0.25, 0.3) is 0 Å². The average Bonchev–Trinajstić information content (AvgIpc) is 3.00. The molecule has 4 heteroatoms. The molecule has 1 N–H and O–H groups in total. The first-order valence-electron chi connectivity index (χ1n) is 6.56. The summed E-state index contributed by atoms with van der Waals surface area (Å²) in [6, 6.07) is 0.850. The molecule has 0 saturated carbocycles. The molecule has 0 radical (unpaired) electrons. The van der Waals surface area contributed by atoms with Crippen LogP contribution in [-0.4, -0.2) is 29.0 Å². The largest absolute Gasteiger partial charge is 0.381 e. The van der Waals surface area contributed by atoms with Gasteiger partial charge in [-0.25, -0.2) is 0 Å². The van der Waals surface area contributed by atoms with Crippen LogP contribution in [0.1, 0.15) is 38.8 Å². The van der Waals surface area contributed by atoms with E-state index >= 15 is 0 Å². The molecule has 3 unspecified atom stereocenters. The first-order valence-corrected chi connectivity index (χ1v) is 6.56. The number of rotatable bonds is 5. The lowest BCUT2D eigenvalue weighted by molar-refractivity contribution is 0.177. The Bertz CT molecular complexity index is 344. The van der Waals surface area contributed by atoms with Crippen molar-refractivity contribution >= 4 is 0 Å². The van der Waals surface area contributed by atoms with E-state index < -0.39 is 0 Å². The van der Waals surface area contributed by atoms with E-state index in [2.05, 4.69) is 37.4 Å². The highest BCUT2D eigenvalue weighted by Crippen LogP contribution is 2.20. The van der Waals surface area contributed by atoms with Gasteiger partial charge in [-0.2, -0.15) is 5.10 Å². The van der Waals surface area contributed by atoms with Gasteiger partial charge < -0.3 is 10.1 Å². The Morgan fingerprint density at radius 3 is 3.00 bits per heavy atom. The fourth-order valence-corrected chi connectivity index (χ4v) is 2.35. The quantitative estimate of drug-likeness (QED) is 0.851. The summed E-state index contributed by atoms with van der Waals surface area (Å²) in [6.07, 6.45) is 5.25. The Balaban J connectivity index is 1.89. The topological polar surface area (TPSA) is 39.1 Å². The molecule has 1 fully saturated rings. The van der Waals surface area contributed by atoms with Crippen LogP contribution in [0.4, 0.5) is 0 Å². The van der Waals surface area contributed by atoms with Gasteiger partial charge in [0.15, 0.2) is 0 Å². The molecule has 4 nitrogen and oxygen atoms in total. The van der Waals surface area contributed by atoms with E-state index in [1.165, 1.54) is 12.0 Å². The number of hydrogen-bond donors (Lipinski definition) is 1. The molecule has 0 aliphatic carbocycles. The Morgan fingerprint density at radius 1 is 1.59 bits per heavy atom. The van der Waals surface area contributed by atoms with Crippen molar-refractivity contribution in [1.29, 1.82) is 0 Å². The number of aromatic nitrogens is 2. The predicted molar refractivity (Wildman–Crippen MR) is 67.8 cm³/mol. The van der Waals surface area contributed by atoms with Crippen LogP contribution in [0, 0.1) is 5.92 Å². The maximum absolute atomic E-state index is 5.43. The number of aryl methyl sites for hydroxylation is 1. The molecule has 1 aromatic rings. The number of ether oxygens (including phenoxy) is 1. The summed E-state index contributed by atoms with van der Waals surface area (Å²) in [5.74, 6) is 0.652. The fraction of sp³-hybridized carbons (Fsp3) is 0.769. The van der Waals surface area contributed by atoms with Gasteiger partial charge in [0.2, 0.25) is 0 Å². The van der Waals surface area contributed by atoms with Gasteiger partial charge in [-0.1, -0.05) is 0 Å². The lowest BCUT2D eigenvalue weighted by Crippen LogP contribution is -2.35. The van der Waals surface area contributed by atoms with E-state index in [1.54, 1.807) is 0 Å². The van der Waals surface area contributed by atoms with Crippen LogP contribution in [0.3, 0.4) is 0 Å². The third kappa shape index (κ3) is 3.07. The third-order valence-corrected chi connectivity index (χ3v) is 3.66. The molecule has 0 amide bonds. The molecule has 96 valence electrons.